The van der Waals surface area contributed by atoms with Crippen LogP contribution in [0.25, 0.3) is 10.2 Å². The van der Waals surface area contributed by atoms with E-state index in [2.05, 4.69) is 6.92 Å². The molecular formula is C15H20N2O2S. The van der Waals surface area contributed by atoms with E-state index in [0.29, 0.717) is 13.2 Å². The number of ether oxygens (including phenoxy) is 1. The summed E-state index contributed by atoms with van der Waals surface area (Å²) in [6, 6.07) is 0. The van der Waals surface area contributed by atoms with Crippen molar-refractivity contribution in [3.8, 4) is 0 Å². The zero-order valence-electron chi connectivity index (χ0n) is 12.1. The van der Waals surface area contributed by atoms with Gasteiger partial charge in [-0.05, 0) is 31.2 Å². The van der Waals surface area contributed by atoms with Gasteiger partial charge in [0.1, 0.15) is 10.7 Å². The van der Waals surface area contributed by atoms with Gasteiger partial charge in [-0.1, -0.05) is 6.92 Å². The van der Waals surface area contributed by atoms with Crippen LogP contribution in [0.5, 0.6) is 0 Å². The summed E-state index contributed by atoms with van der Waals surface area (Å²) in [5.74, 6) is 0.905. The quantitative estimate of drug-likeness (QED) is 0.850. The molecule has 0 spiro atoms. The molecule has 0 aliphatic heterocycles. The van der Waals surface area contributed by atoms with Gasteiger partial charge in [-0.2, -0.15) is 0 Å². The van der Waals surface area contributed by atoms with Gasteiger partial charge in [0.15, 0.2) is 0 Å². The lowest BCUT2D eigenvalue weighted by molar-refractivity contribution is 0.185. The van der Waals surface area contributed by atoms with Gasteiger partial charge < -0.3 is 4.74 Å². The fraction of sp³-hybridized carbons (Fsp3) is 0.600. The van der Waals surface area contributed by atoms with Crippen LogP contribution in [0.4, 0.5) is 0 Å². The zero-order chi connectivity index (χ0) is 14.1. The molecule has 4 nitrogen and oxygen atoms in total. The van der Waals surface area contributed by atoms with Gasteiger partial charge in [-0.25, -0.2) is 4.98 Å². The highest BCUT2D eigenvalue weighted by Crippen LogP contribution is 2.34. The van der Waals surface area contributed by atoms with E-state index in [0.717, 1.165) is 41.7 Å². The molecule has 3 rings (SSSR count). The highest BCUT2D eigenvalue weighted by Gasteiger charge is 2.22. The van der Waals surface area contributed by atoms with E-state index in [-0.39, 0.29) is 5.56 Å². The molecule has 20 heavy (non-hydrogen) atoms. The van der Waals surface area contributed by atoms with Gasteiger partial charge in [-0.3, -0.25) is 9.36 Å². The Morgan fingerprint density at radius 1 is 1.40 bits per heavy atom. The summed E-state index contributed by atoms with van der Waals surface area (Å²) < 4.78 is 6.96. The standard InChI is InChI=1S/C15H20N2O2S/c1-3-5-12-16-14-13(10-6-4-7-11(10)20-14)15(18)17(12)8-9-19-2/h3-9H2,1-2H3. The van der Waals surface area contributed by atoms with Gasteiger partial charge in [0.2, 0.25) is 0 Å². The number of methoxy groups -OCH3 is 1. The largest absolute Gasteiger partial charge is 0.383 e. The summed E-state index contributed by atoms with van der Waals surface area (Å²) in [6.45, 7) is 3.26. The first-order valence-electron chi connectivity index (χ1n) is 7.29. The molecule has 5 heteroatoms. The Bertz CT molecular complexity index is 687. The van der Waals surface area contributed by atoms with Crippen LogP contribution in [-0.2, 0) is 30.5 Å². The Balaban J connectivity index is 2.19. The second kappa shape index (κ2) is 5.66. The predicted molar refractivity (Wildman–Crippen MR) is 81.8 cm³/mol. The first kappa shape index (κ1) is 13.8. The van der Waals surface area contributed by atoms with Crippen LogP contribution in [0.1, 0.15) is 36.0 Å². The van der Waals surface area contributed by atoms with E-state index in [1.165, 1.54) is 16.9 Å². The molecule has 108 valence electrons. The van der Waals surface area contributed by atoms with E-state index in [4.69, 9.17) is 9.72 Å². The van der Waals surface area contributed by atoms with Crippen LogP contribution in [0, 0.1) is 0 Å². The van der Waals surface area contributed by atoms with Gasteiger partial charge >= 0.3 is 0 Å². The molecule has 1 aliphatic carbocycles. The predicted octanol–water partition coefficient (Wildman–Crippen LogP) is 2.55. The molecule has 0 bridgehead atoms. The average molecular weight is 292 g/mol. The minimum Gasteiger partial charge on any atom is -0.383 e. The molecule has 0 atom stereocenters. The minimum absolute atomic E-state index is 0.134. The number of fused-ring (bicyclic) bond motifs is 3. The van der Waals surface area contributed by atoms with Crippen molar-refractivity contribution < 1.29 is 4.74 Å². The van der Waals surface area contributed by atoms with Crippen molar-refractivity contribution in [3.05, 3.63) is 26.6 Å². The number of thiophene rings is 1. The van der Waals surface area contributed by atoms with Gasteiger partial charge in [0.25, 0.3) is 5.56 Å². The monoisotopic (exact) mass is 292 g/mol. The molecule has 0 radical (unpaired) electrons. The average Bonchev–Trinajstić information content (AvgIpc) is 2.98. The third-order valence-electron chi connectivity index (χ3n) is 3.90. The highest BCUT2D eigenvalue weighted by atomic mass is 32.1. The van der Waals surface area contributed by atoms with Crippen molar-refractivity contribution in [1.29, 1.82) is 0 Å². The lowest BCUT2D eigenvalue weighted by Crippen LogP contribution is -2.27. The minimum atomic E-state index is 0.134. The normalized spacial score (nSPS) is 14.1. The first-order chi connectivity index (χ1) is 9.76. The molecule has 0 unspecified atom stereocenters. The van der Waals surface area contributed by atoms with Crippen LogP contribution >= 0.6 is 11.3 Å². The second-order valence-corrected chi connectivity index (χ2v) is 6.35. The van der Waals surface area contributed by atoms with Gasteiger partial charge in [0, 0.05) is 18.4 Å². The van der Waals surface area contributed by atoms with E-state index in [1.807, 2.05) is 4.57 Å². The van der Waals surface area contributed by atoms with Crippen molar-refractivity contribution >= 4 is 21.6 Å². The maximum Gasteiger partial charge on any atom is 0.262 e. The number of rotatable bonds is 5. The van der Waals surface area contributed by atoms with Gasteiger partial charge in [-0.15, -0.1) is 11.3 Å². The fourth-order valence-electron chi connectivity index (χ4n) is 2.95. The summed E-state index contributed by atoms with van der Waals surface area (Å²) in [5.41, 5.74) is 1.40. The fourth-order valence-corrected chi connectivity index (χ4v) is 4.22. The Morgan fingerprint density at radius 2 is 2.25 bits per heavy atom. The summed E-state index contributed by atoms with van der Waals surface area (Å²) in [5, 5.41) is 0.874. The molecule has 0 N–H and O–H groups in total. The van der Waals surface area contributed by atoms with Crippen LogP contribution < -0.4 is 5.56 Å². The van der Waals surface area contributed by atoms with Crippen LogP contribution in [0.3, 0.4) is 0 Å². The highest BCUT2D eigenvalue weighted by molar-refractivity contribution is 7.18. The molecule has 0 aromatic carbocycles. The van der Waals surface area contributed by atoms with Crippen molar-refractivity contribution in [2.24, 2.45) is 0 Å². The molecule has 0 saturated heterocycles. The Kier molecular flexibility index (Phi) is 3.89. The third kappa shape index (κ3) is 2.19. The summed E-state index contributed by atoms with van der Waals surface area (Å²) in [7, 11) is 1.67. The maximum atomic E-state index is 12.8. The summed E-state index contributed by atoms with van der Waals surface area (Å²) in [6.07, 6.45) is 5.15. The molecule has 2 heterocycles. The zero-order valence-corrected chi connectivity index (χ0v) is 12.9. The molecule has 0 amide bonds. The Morgan fingerprint density at radius 3 is 3.00 bits per heavy atom. The lowest BCUT2D eigenvalue weighted by Gasteiger charge is -2.11. The van der Waals surface area contributed by atoms with Crippen LogP contribution in [0.2, 0.25) is 0 Å². The molecule has 2 aromatic heterocycles. The number of nitrogens with zero attached hydrogens (tertiary/aromatic N) is 2. The molecule has 1 aliphatic rings. The lowest BCUT2D eigenvalue weighted by atomic mass is 10.2. The molecule has 0 saturated carbocycles. The molecule has 2 aromatic rings. The summed E-state index contributed by atoms with van der Waals surface area (Å²) in [4.78, 5) is 19.9. The van der Waals surface area contributed by atoms with Crippen molar-refractivity contribution in [2.45, 2.75) is 45.6 Å². The summed E-state index contributed by atoms with van der Waals surface area (Å²) >= 11 is 1.72. The van der Waals surface area contributed by atoms with E-state index < -0.39 is 0 Å². The maximum absolute atomic E-state index is 12.8. The number of aromatic nitrogens is 2. The molecule has 0 fully saturated rings. The number of hydrogen-bond donors (Lipinski definition) is 0. The second-order valence-electron chi connectivity index (χ2n) is 5.27. The third-order valence-corrected chi connectivity index (χ3v) is 5.08. The molecular weight excluding hydrogens is 272 g/mol. The van der Waals surface area contributed by atoms with Crippen LogP contribution in [0.15, 0.2) is 4.79 Å². The van der Waals surface area contributed by atoms with E-state index in [1.54, 1.807) is 18.4 Å². The van der Waals surface area contributed by atoms with Gasteiger partial charge in [0.05, 0.1) is 18.5 Å². The van der Waals surface area contributed by atoms with Crippen molar-refractivity contribution in [1.82, 2.24) is 9.55 Å². The topological polar surface area (TPSA) is 44.1 Å². The number of hydrogen-bond acceptors (Lipinski definition) is 4. The Hall–Kier alpha value is -1.20. The van der Waals surface area contributed by atoms with Crippen molar-refractivity contribution in [2.75, 3.05) is 13.7 Å². The first-order valence-corrected chi connectivity index (χ1v) is 8.10. The Labute approximate surface area is 122 Å². The number of aryl methyl sites for hydroxylation is 3. The SMILES string of the molecule is CCCc1nc2sc3c(c2c(=O)n1CCOC)CCC3. The van der Waals surface area contributed by atoms with Crippen molar-refractivity contribution in [3.63, 3.8) is 0 Å². The van der Waals surface area contributed by atoms with E-state index in [9.17, 15) is 4.79 Å². The van der Waals surface area contributed by atoms with Crippen LogP contribution in [-0.4, -0.2) is 23.3 Å². The smallest absolute Gasteiger partial charge is 0.262 e. The van der Waals surface area contributed by atoms with E-state index >= 15 is 0 Å².